The maximum Gasteiger partial charge on any atom is 0.141 e. The van der Waals surface area contributed by atoms with E-state index in [4.69, 9.17) is 40.6 Å². The van der Waals surface area contributed by atoms with Crippen molar-refractivity contribution < 1.29 is 9.50 Å². The molecule has 0 saturated heterocycles. The number of nitrogens with one attached hydrogen (secondary N) is 4. The van der Waals surface area contributed by atoms with Gasteiger partial charge in [0.25, 0.3) is 0 Å². The van der Waals surface area contributed by atoms with Crippen molar-refractivity contribution in [3.63, 3.8) is 0 Å². The Morgan fingerprint density at radius 2 is 1.90 bits per heavy atom. The molecule has 2 aromatic carbocycles. The second kappa shape index (κ2) is 13.3. The summed E-state index contributed by atoms with van der Waals surface area (Å²) in [7, 11) is 0. The summed E-state index contributed by atoms with van der Waals surface area (Å²) in [5.74, 6) is 5.30. The van der Waals surface area contributed by atoms with E-state index in [-0.39, 0.29) is 28.9 Å². The fraction of sp³-hybridized carbons (Fsp3) is 0.115. The summed E-state index contributed by atoms with van der Waals surface area (Å²) < 4.78 is 14.4. The molecule has 0 amide bonds. The van der Waals surface area contributed by atoms with Gasteiger partial charge in [0.2, 0.25) is 0 Å². The van der Waals surface area contributed by atoms with E-state index in [2.05, 4.69) is 53.3 Å². The molecule has 0 aliphatic carbocycles. The first kappa shape index (κ1) is 29.6. The monoisotopic (exact) mass is 664 g/mol. The second-order valence-electron chi connectivity index (χ2n) is 8.30. The minimum Gasteiger partial charge on any atom is -0.395 e. The van der Waals surface area contributed by atoms with Gasteiger partial charge in [0.1, 0.15) is 17.0 Å². The van der Waals surface area contributed by atoms with E-state index < -0.39 is 11.9 Å². The average molecular weight is 667 g/mol. The van der Waals surface area contributed by atoms with E-state index in [0.29, 0.717) is 48.7 Å². The van der Waals surface area contributed by atoms with Crippen LogP contribution >= 0.6 is 50.7 Å². The molecule has 0 unspecified atom stereocenters. The molecule has 206 valence electrons. The molecule has 2 aromatic heterocycles. The molecule has 0 bridgehead atoms. The summed E-state index contributed by atoms with van der Waals surface area (Å²) in [6, 6.07) is 10.8. The third kappa shape index (κ3) is 6.67. The predicted molar refractivity (Wildman–Crippen MR) is 160 cm³/mol. The maximum atomic E-state index is 13.7. The first-order chi connectivity index (χ1) is 19.2. The molecule has 14 heteroatoms. The summed E-state index contributed by atoms with van der Waals surface area (Å²) >= 11 is 22.5. The lowest BCUT2D eigenvalue weighted by Gasteiger charge is -2.25. The van der Waals surface area contributed by atoms with Gasteiger partial charge in [0, 0.05) is 51.9 Å². The molecule has 0 saturated carbocycles. The number of hydrazine groups is 1. The molecule has 0 fully saturated rings. The molecule has 0 radical (unpaired) electrons. The summed E-state index contributed by atoms with van der Waals surface area (Å²) in [5, 5.41) is 29.4. The number of benzene rings is 2. The van der Waals surface area contributed by atoms with Crippen LogP contribution in [0.2, 0.25) is 15.2 Å². The Morgan fingerprint density at radius 3 is 2.60 bits per heavy atom. The van der Waals surface area contributed by atoms with Gasteiger partial charge in [-0.1, -0.05) is 34.8 Å². The van der Waals surface area contributed by atoms with Crippen LogP contribution in [0.5, 0.6) is 0 Å². The normalized spacial score (nSPS) is 12.1. The summed E-state index contributed by atoms with van der Waals surface area (Å²) in [4.78, 5) is 8.59. The Morgan fingerprint density at radius 1 is 1.12 bits per heavy atom. The Kier molecular flexibility index (Phi) is 9.86. The minimum atomic E-state index is -0.665. The van der Waals surface area contributed by atoms with Gasteiger partial charge in [0.15, 0.2) is 0 Å². The van der Waals surface area contributed by atoms with Crippen LogP contribution in [-0.4, -0.2) is 28.2 Å². The maximum absolute atomic E-state index is 13.7. The quantitative estimate of drug-likeness (QED) is 0.0509. The zero-order valence-corrected chi connectivity index (χ0v) is 24.3. The number of nitrogens with zero attached hydrogens (tertiary/aromatic N) is 3. The van der Waals surface area contributed by atoms with Crippen molar-refractivity contribution in [3.05, 3.63) is 97.3 Å². The van der Waals surface area contributed by atoms with Gasteiger partial charge in [-0.25, -0.2) is 9.37 Å². The van der Waals surface area contributed by atoms with Crippen LogP contribution < -0.4 is 27.2 Å². The van der Waals surface area contributed by atoms with E-state index in [1.807, 2.05) is 0 Å². The molecule has 0 spiro atoms. The molecular formula is C26H21BrCl3FN8O. The number of hydrogen-bond donors (Lipinski definition) is 6. The highest BCUT2D eigenvalue weighted by molar-refractivity contribution is 9.10. The number of hydrogen-bond acceptors (Lipinski definition) is 9. The number of aliphatic hydroxyl groups excluding tert-OH is 1. The zero-order valence-electron chi connectivity index (χ0n) is 20.4. The zero-order chi connectivity index (χ0) is 28.8. The number of rotatable bonds is 10. The van der Waals surface area contributed by atoms with Crippen molar-refractivity contribution >= 4 is 78.7 Å². The van der Waals surface area contributed by atoms with Crippen molar-refractivity contribution in [3.8, 4) is 6.07 Å². The third-order valence-electron chi connectivity index (χ3n) is 5.68. The molecule has 0 aliphatic heterocycles. The summed E-state index contributed by atoms with van der Waals surface area (Å²) in [6.07, 6.45) is 4.57. The van der Waals surface area contributed by atoms with Crippen molar-refractivity contribution in [2.24, 2.45) is 5.84 Å². The average Bonchev–Trinajstić information content (AvgIpc) is 2.94. The number of nitriles is 1. The van der Waals surface area contributed by atoms with E-state index in [0.717, 1.165) is 0 Å². The van der Waals surface area contributed by atoms with Gasteiger partial charge >= 0.3 is 0 Å². The smallest absolute Gasteiger partial charge is 0.141 e. The molecule has 4 rings (SSSR count). The van der Waals surface area contributed by atoms with Crippen LogP contribution in [0.3, 0.4) is 0 Å². The van der Waals surface area contributed by atoms with Crippen LogP contribution in [0.15, 0.2) is 65.2 Å². The first-order valence-electron chi connectivity index (χ1n) is 11.6. The molecule has 0 aliphatic rings. The number of aliphatic hydroxyl groups is 1. The van der Waals surface area contributed by atoms with E-state index in [1.54, 1.807) is 30.6 Å². The van der Waals surface area contributed by atoms with Gasteiger partial charge in [-0.15, -0.1) is 0 Å². The van der Waals surface area contributed by atoms with Crippen LogP contribution in [-0.2, 0) is 0 Å². The molecule has 4 aromatic rings. The number of halogens is 5. The summed E-state index contributed by atoms with van der Waals surface area (Å²) in [6.45, 7) is 0.199. The van der Waals surface area contributed by atoms with Crippen LogP contribution in [0, 0.1) is 17.1 Å². The Bertz CT molecular complexity index is 1630. The van der Waals surface area contributed by atoms with Gasteiger partial charge in [0.05, 0.1) is 45.2 Å². The molecule has 40 heavy (non-hydrogen) atoms. The number of nitrogens with two attached hydrogens (primary N) is 1. The Balaban J connectivity index is 1.85. The van der Waals surface area contributed by atoms with Crippen LogP contribution in [0.1, 0.15) is 17.2 Å². The highest BCUT2D eigenvalue weighted by Crippen LogP contribution is 2.38. The second-order valence-corrected chi connectivity index (χ2v) is 10.4. The van der Waals surface area contributed by atoms with Gasteiger partial charge < -0.3 is 26.5 Å². The molecule has 2 heterocycles. The Hall–Kier alpha value is -3.37. The van der Waals surface area contributed by atoms with Crippen molar-refractivity contribution in [2.75, 3.05) is 23.8 Å². The Labute approximate surface area is 252 Å². The predicted octanol–water partition coefficient (Wildman–Crippen LogP) is 6.15. The van der Waals surface area contributed by atoms with E-state index in [9.17, 15) is 14.8 Å². The minimum absolute atomic E-state index is 0.0759. The van der Waals surface area contributed by atoms with Crippen molar-refractivity contribution in [1.82, 2.24) is 20.7 Å². The fourth-order valence-electron chi connectivity index (χ4n) is 3.87. The van der Waals surface area contributed by atoms with E-state index >= 15 is 0 Å². The summed E-state index contributed by atoms with van der Waals surface area (Å²) in [5.41, 5.74) is 5.75. The first-order valence-corrected chi connectivity index (χ1v) is 13.5. The number of anilines is 3. The number of fused-ring (bicyclic) bond motifs is 1. The largest absolute Gasteiger partial charge is 0.395 e. The van der Waals surface area contributed by atoms with Crippen molar-refractivity contribution in [1.29, 1.82) is 5.26 Å². The van der Waals surface area contributed by atoms with Gasteiger partial charge in [-0.05, 0) is 52.3 Å². The SMILES string of the molecule is N#Cc1cnc2c(Cl)cc(N[C@H](/C(=C/NCCO)NN)c3cc(Br)cnc3Cl)cc2c1Nc1ccc(F)c(Cl)c1. The van der Waals surface area contributed by atoms with Gasteiger partial charge in [-0.3, -0.25) is 10.8 Å². The molecule has 1 atom stereocenters. The highest BCUT2D eigenvalue weighted by Gasteiger charge is 2.22. The van der Waals surface area contributed by atoms with Gasteiger partial charge in [-0.2, -0.15) is 5.26 Å². The van der Waals surface area contributed by atoms with Crippen LogP contribution in [0.4, 0.5) is 21.5 Å². The standard InChI is InChI=1S/C26H21BrCl3FN8O/c27-14-5-18(26(30)36-11-14)25(22(39-33)12-34-3-4-40)38-16-6-17-23(37-15-1-2-21(31)19(28)7-15)13(9-32)10-35-24(17)20(29)8-16/h1-2,5-8,10-12,25,34,38-40H,3-4,33H2,(H,35,37)/b22-12-/t25-/m0/s1. The topological polar surface area (TPSA) is 144 Å². The highest BCUT2D eigenvalue weighted by atomic mass is 79.9. The lowest BCUT2D eigenvalue weighted by atomic mass is 10.0. The van der Waals surface area contributed by atoms with Crippen LogP contribution in [0.25, 0.3) is 10.9 Å². The van der Waals surface area contributed by atoms with E-state index in [1.165, 1.54) is 24.4 Å². The molecule has 7 N–H and O–H groups in total. The number of aromatic nitrogens is 2. The lowest BCUT2D eigenvalue weighted by Crippen LogP contribution is -2.31. The lowest BCUT2D eigenvalue weighted by molar-refractivity contribution is 0.298. The van der Waals surface area contributed by atoms with Crippen molar-refractivity contribution in [2.45, 2.75) is 6.04 Å². The third-order valence-corrected chi connectivity index (χ3v) is 7.01. The molecule has 9 nitrogen and oxygen atoms in total. The number of pyridine rings is 2. The fourth-order valence-corrected chi connectivity index (χ4v) is 4.88. The molecular weight excluding hydrogens is 646 g/mol.